The van der Waals surface area contributed by atoms with Gasteiger partial charge in [0, 0.05) is 44.6 Å². The molecular weight excluding hydrogens is 522 g/mol. The topological polar surface area (TPSA) is 119 Å². The Labute approximate surface area is 238 Å². The highest BCUT2D eigenvalue weighted by Crippen LogP contribution is 2.34. The van der Waals surface area contributed by atoms with E-state index in [1.165, 1.54) is 6.92 Å². The number of rotatable bonds is 9. The number of nitrogens with zero attached hydrogens (tertiary/aromatic N) is 4. The van der Waals surface area contributed by atoms with Crippen LogP contribution in [0.2, 0.25) is 0 Å². The zero-order valence-corrected chi connectivity index (χ0v) is 23.2. The molecule has 1 saturated heterocycles. The largest absolute Gasteiger partial charge is 0.497 e. The first-order chi connectivity index (χ1) is 20.0. The number of aromatic nitrogens is 2. The highest BCUT2D eigenvalue weighted by molar-refractivity contribution is 5.89. The van der Waals surface area contributed by atoms with Crippen molar-refractivity contribution in [3.05, 3.63) is 71.9 Å². The Morgan fingerprint density at radius 1 is 1.05 bits per heavy atom. The maximum Gasteiger partial charge on any atom is 0.302 e. The van der Waals surface area contributed by atoms with Crippen LogP contribution in [0.5, 0.6) is 17.2 Å². The summed E-state index contributed by atoms with van der Waals surface area (Å²) in [4.78, 5) is 22.8. The molecule has 10 nitrogen and oxygen atoms in total. The standard InChI is InChI=1S/C31H31N5O5/c1-20(37)41-24-12-14-36(15-13-24)30-18-33-27-10-9-26(25(17-32)31(27)35-30)34-22-6-11-28(29(16-22)39-3)40-19-21-4-7-23(38-2)8-5-21/h4-11,16,18,24,34H,12-15,19H2,1-3H3. The molecule has 0 aliphatic carbocycles. The van der Waals surface area contributed by atoms with E-state index in [1.807, 2.05) is 54.6 Å². The number of anilines is 3. The van der Waals surface area contributed by atoms with Gasteiger partial charge in [0.2, 0.25) is 0 Å². The van der Waals surface area contributed by atoms with E-state index < -0.39 is 0 Å². The van der Waals surface area contributed by atoms with Gasteiger partial charge in [-0.05, 0) is 42.0 Å². The molecule has 10 heteroatoms. The van der Waals surface area contributed by atoms with Gasteiger partial charge in [-0.15, -0.1) is 0 Å². The second-order valence-corrected chi connectivity index (χ2v) is 9.62. The Morgan fingerprint density at radius 3 is 2.51 bits per heavy atom. The van der Waals surface area contributed by atoms with E-state index in [4.69, 9.17) is 23.9 Å². The number of carbonyl (C=O) groups excluding carboxylic acids is 1. The second kappa shape index (κ2) is 12.4. The van der Waals surface area contributed by atoms with Crippen molar-refractivity contribution < 1.29 is 23.7 Å². The Bertz CT molecular complexity index is 1580. The lowest BCUT2D eigenvalue weighted by Gasteiger charge is -2.32. The predicted molar refractivity (Wildman–Crippen MR) is 155 cm³/mol. The smallest absolute Gasteiger partial charge is 0.302 e. The molecule has 1 N–H and O–H groups in total. The first-order valence-electron chi connectivity index (χ1n) is 13.3. The van der Waals surface area contributed by atoms with Crippen molar-refractivity contribution in [2.45, 2.75) is 32.5 Å². The number of methoxy groups -OCH3 is 2. The monoisotopic (exact) mass is 553 g/mol. The van der Waals surface area contributed by atoms with Crippen molar-refractivity contribution in [3.8, 4) is 23.3 Å². The van der Waals surface area contributed by atoms with Crippen LogP contribution in [0.4, 0.5) is 17.2 Å². The molecule has 0 atom stereocenters. The van der Waals surface area contributed by atoms with Crippen molar-refractivity contribution in [2.75, 3.05) is 37.5 Å². The summed E-state index contributed by atoms with van der Waals surface area (Å²) in [6, 6.07) is 19.2. The number of esters is 1. The molecule has 41 heavy (non-hydrogen) atoms. The van der Waals surface area contributed by atoms with Crippen LogP contribution in [-0.2, 0) is 16.1 Å². The van der Waals surface area contributed by atoms with Crippen LogP contribution in [0.1, 0.15) is 30.9 Å². The number of carbonyl (C=O) groups is 1. The number of hydrogen-bond donors (Lipinski definition) is 1. The van der Waals surface area contributed by atoms with Crippen LogP contribution in [0.25, 0.3) is 11.0 Å². The summed E-state index contributed by atoms with van der Waals surface area (Å²) >= 11 is 0. The molecule has 2 heterocycles. The minimum Gasteiger partial charge on any atom is -0.497 e. The minimum absolute atomic E-state index is 0.0844. The fraction of sp³-hybridized carbons (Fsp3) is 0.290. The summed E-state index contributed by atoms with van der Waals surface area (Å²) in [5.74, 6) is 2.37. The van der Waals surface area contributed by atoms with E-state index in [-0.39, 0.29) is 12.1 Å². The number of ether oxygens (including phenoxy) is 4. The third kappa shape index (κ3) is 6.41. The third-order valence-electron chi connectivity index (χ3n) is 6.91. The SMILES string of the molecule is COc1ccc(COc2ccc(Nc3ccc4ncc(N5CCC(OC(C)=O)CC5)nc4c3C#N)cc2OC)cc1. The summed E-state index contributed by atoms with van der Waals surface area (Å²) < 4.78 is 22.1. The Kier molecular flexibility index (Phi) is 8.34. The van der Waals surface area contributed by atoms with Gasteiger partial charge in [0.05, 0.1) is 31.6 Å². The molecule has 210 valence electrons. The molecule has 0 unspecified atom stereocenters. The normalized spacial score (nSPS) is 13.4. The number of fused-ring (bicyclic) bond motifs is 1. The van der Waals surface area contributed by atoms with E-state index in [0.717, 1.165) is 17.0 Å². The lowest BCUT2D eigenvalue weighted by atomic mass is 10.1. The molecule has 1 aliphatic rings. The zero-order valence-electron chi connectivity index (χ0n) is 23.2. The van der Waals surface area contributed by atoms with Crippen molar-refractivity contribution in [3.63, 3.8) is 0 Å². The number of benzene rings is 3. The highest BCUT2D eigenvalue weighted by atomic mass is 16.5. The van der Waals surface area contributed by atoms with Crippen molar-refractivity contribution >= 4 is 34.2 Å². The number of nitrogens with one attached hydrogen (secondary N) is 1. The van der Waals surface area contributed by atoms with Gasteiger partial charge in [0.1, 0.15) is 41.4 Å². The van der Waals surface area contributed by atoms with Crippen LogP contribution >= 0.6 is 0 Å². The van der Waals surface area contributed by atoms with Gasteiger partial charge >= 0.3 is 5.97 Å². The number of nitriles is 1. The molecule has 0 radical (unpaired) electrons. The van der Waals surface area contributed by atoms with E-state index in [9.17, 15) is 10.1 Å². The zero-order chi connectivity index (χ0) is 28.8. The molecule has 1 aromatic heterocycles. The van der Waals surface area contributed by atoms with Gasteiger partial charge in [0.25, 0.3) is 0 Å². The van der Waals surface area contributed by atoms with Gasteiger partial charge in [-0.25, -0.2) is 4.98 Å². The molecule has 0 amide bonds. The average molecular weight is 554 g/mol. The summed E-state index contributed by atoms with van der Waals surface area (Å²) in [6.45, 7) is 3.17. The van der Waals surface area contributed by atoms with Gasteiger partial charge in [-0.1, -0.05) is 12.1 Å². The van der Waals surface area contributed by atoms with Crippen LogP contribution in [0.15, 0.2) is 60.8 Å². The summed E-state index contributed by atoms with van der Waals surface area (Å²) in [5.41, 5.74) is 3.87. The lowest BCUT2D eigenvalue weighted by Crippen LogP contribution is -2.38. The number of hydrogen-bond acceptors (Lipinski definition) is 10. The van der Waals surface area contributed by atoms with E-state index in [2.05, 4.69) is 21.3 Å². The van der Waals surface area contributed by atoms with Gasteiger partial charge < -0.3 is 29.2 Å². The Morgan fingerprint density at radius 2 is 1.83 bits per heavy atom. The van der Waals surface area contributed by atoms with Crippen LogP contribution in [0.3, 0.4) is 0 Å². The fourth-order valence-corrected chi connectivity index (χ4v) is 4.78. The first-order valence-corrected chi connectivity index (χ1v) is 13.3. The minimum atomic E-state index is -0.263. The van der Waals surface area contributed by atoms with E-state index in [0.29, 0.717) is 72.1 Å². The molecule has 3 aromatic carbocycles. The molecule has 0 bridgehead atoms. The van der Waals surface area contributed by atoms with E-state index in [1.54, 1.807) is 20.4 Å². The molecule has 0 spiro atoms. The highest BCUT2D eigenvalue weighted by Gasteiger charge is 2.23. The first kappa shape index (κ1) is 27.5. The average Bonchev–Trinajstić information content (AvgIpc) is 3.00. The second-order valence-electron chi connectivity index (χ2n) is 9.62. The van der Waals surface area contributed by atoms with Crippen molar-refractivity contribution in [1.82, 2.24) is 9.97 Å². The predicted octanol–water partition coefficient (Wildman–Crippen LogP) is 5.37. The van der Waals surface area contributed by atoms with Crippen molar-refractivity contribution in [1.29, 1.82) is 5.26 Å². The fourth-order valence-electron chi connectivity index (χ4n) is 4.78. The van der Waals surface area contributed by atoms with E-state index >= 15 is 0 Å². The number of piperidine rings is 1. The maximum absolute atomic E-state index is 11.3. The molecule has 4 aromatic rings. The summed E-state index contributed by atoms with van der Waals surface area (Å²) in [5, 5.41) is 13.4. The van der Waals surface area contributed by atoms with Crippen molar-refractivity contribution in [2.24, 2.45) is 0 Å². The quantitative estimate of drug-likeness (QED) is 0.271. The van der Waals surface area contributed by atoms with Crippen LogP contribution in [-0.4, -0.2) is 49.4 Å². The Balaban J connectivity index is 1.33. The Hall–Kier alpha value is -5.04. The third-order valence-corrected chi connectivity index (χ3v) is 6.91. The summed E-state index contributed by atoms with van der Waals surface area (Å²) in [7, 11) is 3.22. The molecular formula is C31H31N5O5. The molecule has 5 rings (SSSR count). The molecule has 1 aliphatic heterocycles. The maximum atomic E-state index is 11.3. The van der Waals surface area contributed by atoms with Gasteiger partial charge in [-0.3, -0.25) is 9.78 Å². The molecule has 1 fully saturated rings. The van der Waals surface area contributed by atoms with Gasteiger partial charge in [-0.2, -0.15) is 5.26 Å². The van der Waals surface area contributed by atoms with Crippen LogP contribution in [0, 0.1) is 11.3 Å². The van der Waals surface area contributed by atoms with Gasteiger partial charge in [0.15, 0.2) is 11.5 Å². The molecule has 0 saturated carbocycles. The van der Waals surface area contributed by atoms with Crippen LogP contribution < -0.4 is 24.4 Å². The lowest BCUT2D eigenvalue weighted by molar-refractivity contribution is -0.147. The summed E-state index contributed by atoms with van der Waals surface area (Å²) in [6.07, 6.45) is 3.07.